The minimum Gasteiger partial charge on any atom is -0.319 e. The van der Waals surface area contributed by atoms with Gasteiger partial charge in [0.05, 0.1) is 11.0 Å². The number of halogens is 2. The molecule has 1 heterocycles. The van der Waals surface area contributed by atoms with Gasteiger partial charge >= 0.3 is 0 Å². The van der Waals surface area contributed by atoms with Gasteiger partial charge in [0.2, 0.25) is 0 Å². The molecule has 0 unspecified atom stereocenters. The number of aromatic amines is 1. The Balaban J connectivity index is 2.26. The van der Waals surface area contributed by atoms with Crippen molar-refractivity contribution in [1.82, 2.24) is 9.97 Å². The van der Waals surface area contributed by atoms with Crippen LogP contribution in [0.2, 0.25) is 0 Å². The van der Waals surface area contributed by atoms with E-state index in [9.17, 15) is 13.6 Å². The van der Waals surface area contributed by atoms with Gasteiger partial charge in [-0.05, 0) is 48.9 Å². The number of aromatic nitrogens is 2. The van der Waals surface area contributed by atoms with Crippen LogP contribution < -0.4 is 5.56 Å². The van der Waals surface area contributed by atoms with E-state index in [1.807, 2.05) is 0 Å². The predicted molar refractivity (Wildman–Crippen MR) is 72.2 cm³/mol. The fourth-order valence-corrected chi connectivity index (χ4v) is 1.95. The summed E-state index contributed by atoms with van der Waals surface area (Å²) in [6.07, 6.45) is 0. The quantitative estimate of drug-likeness (QED) is 0.739. The third-order valence-electron chi connectivity index (χ3n) is 2.98. The molecule has 0 aliphatic heterocycles. The number of nitrogens with one attached hydrogen (secondary N) is 1. The van der Waals surface area contributed by atoms with Gasteiger partial charge in [-0.15, -0.1) is 0 Å². The summed E-state index contributed by atoms with van der Waals surface area (Å²) in [4.78, 5) is 18.7. The minimum atomic E-state index is -0.510. The van der Waals surface area contributed by atoms with Crippen molar-refractivity contribution in [2.75, 3.05) is 0 Å². The number of nitrogens with zero attached hydrogens (tertiary/aromatic N) is 1. The normalized spacial score (nSPS) is 10.9. The van der Waals surface area contributed by atoms with Gasteiger partial charge in [0, 0.05) is 5.56 Å². The zero-order chi connectivity index (χ0) is 14.3. The standard InChI is InChI=1S/C15H9F2N2O/c1-8-6-12-13(7-11(8)17)19-15(20)14(18-12)9-2-4-10(16)5-3-9/h2-7H,1H2,(H,19,20). The molecule has 5 heteroatoms. The van der Waals surface area contributed by atoms with Crippen molar-refractivity contribution in [1.29, 1.82) is 0 Å². The molecule has 0 fully saturated rings. The van der Waals surface area contributed by atoms with Crippen LogP contribution in [0.1, 0.15) is 5.56 Å². The van der Waals surface area contributed by atoms with Gasteiger partial charge in [0.1, 0.15) is 17.3 Å². The Morgan fingerprint density at radius 3 is 2.50 bits per heavy atom. The third kappa shape index (κ3) is 2.07. The first-order valence-corrected chi connectivity index (χ1v) is 5.86. The van der Waals surface area contributed by atoms with E-state index in [0.717, 1.165) is 0 Å². The molecule has 0 aliphatic rings. The van der Waals surface area contributed by atoms with Crippen LogP contribution in [-0.4, -0.2) is 9.97 Å². The highest BCUT2D eigenvalue weighted by molar-refractivity contribution is 5.78. The minimum absolute atomic E-state index is 0.156. The Morgan fingerprint density at radius 2 is 1.80 bits per heavy atom. The van der Waals surface area contributed by atoms with Crippen LogP contribution >= 0.6 is 0 Å². The molecule has 2 aromatic carbocycles. The SMILES string of the molecule is [CH2]c1cc2nc(-c3ccc(F)cc3)c(=O)[nH]c2cc1F. The highest BCUT2D eigenvalue weighted by atomic mass is 19.1. The number of hydrogen-bond donors (Lipinski definition) is 1. The summed E-state index contributed by atoms with van der Waals surface area (Å²) in [5, 5.41) is 0. The summed E-state index contributed by atoms with van der Waals surface area (Å²) >= 11 is 0. The number of H-pyrrole nitrogens is 1. The van der Waals surface area contributed by atoms with Crippen molar-refractivity contribution in [3.8, 4) is 11.3 Å². The number of fused-ring (bicyclic) bond motifs is 1. The van der Waals surface area contributed by atoms with Crippen LogP contribution in [0.4, 0.5) is 8.78 Å². The van der Waals surface area contributed by atoms with Crippen LogP contribution in [0.3, 0.4) is 0 Å². The Morgan fingerprint density at radius 1 is 1.10 bits per heavy atom. The van der Waals surface area contributed by atoms with Crippen molar-refractivity contribution >= 4 is 11.0 Å². The molecule has 0 saturated heterocycles. The van der Waals surface area contributed by atoms with E-state index < -0.39 is 17.2 Å². The predicted octanol–water partition coefficient (Wildman–Crippen LogP) is 3.05. The molecule has 1 N–H and O–H groups in total. The van der Waals surface area contributed by atoms with Crippen molar-refractivity contribution in [2.24, 2.45) is 0 Å². The summed E-state index contributed by atoms with van der Waals surface area (Å²) in [7, 11) is 0. The molecule has 0 spiro atoms. The average Bonchev–Trinajstić information content (AvgIpc) is 2.41. The Kier molecular flexibility index (Phi) is 2.82. The fourth-order valence-electron chi connectivity index (χ4n) is 1.95. The molecule has 99 valence electrons. The van der Waals surface area contributed by atoms with Gasteiger partial charge in [-0.2, -0.15) is 0 Å². The summed E-state index contributed by atoms with van der Waals surface area (Å²) in [6, 6.07) is 8.06. The van der Waals surface area contributed by atoms with Gasteiger partial charge in [-0.3, -0.25) is 4.79 Å². The smallest absolute Gasteiger partial charge is 0.274 e. The molecule has 1 aromatic heterocycles. The first-order chi connectivity index (χ1) is 9.54. The summed E-state index contributed by atoms with van der Waals surface area (Å²) < 4.78 is 26.3. The van der Waals surface area contributed by atoms with E-state index in [0.29, 0.717) is 16.6 Å². The first-order valence-electron chi connectivity index (χ1n) is 5.86. The van der Waals surface area contributed by atoms with Crippen LogP contribution in [0, 0.1) is 18.6 Å². The lowest BCUT2D eigenvalue weighted by molar-refractivity contribution is 0.624. The lowest BCUT2D eigenvalue weighted by Crippen LogP contribution is -2.11. The highest BCUT2D eigenvalue weighted by Crippen LogP contribution is 2.18. The van der Waals surface area contributed by atoms with Crippen LogP contribution in [0.25, 0.3) is 22.3 Å². The maximum atomic E-state index is 13.4. The maximum absolute atomic E-state index is 13.4. The Bertz CT molecular complexity index is 854. The molecule has 3 nitrogen and oxygen atoms in total. The molecule has 0 saturated carbocycles. The molecular weight excluding hydrogens is 262 g/mol. The molecule has 1 radical (unpaired) electrons. The zero-order valence-electron chi connectivity index (χ0n) is 10.3. The topological polar surface area (TPSA) is 45.8 Å². The van der Waals surface area contributed by atoms with Gasteiger partial charge < -0.3 is 4.98 Å². The summed E-state index contributed by atoms with van der Waals surface area (Å²) in [6.45, 7) is 3.55. The van der Waals surface area contributed by atoms with Crippen molar-refractivity contribution in [2.45, 2.75) is 0 Å². The number of hydrogen-bond acceptors (Lipinski definition) is 2. The lowest BCUT2D eigenvalue weighted by atomic mass is 10.1. The molecule has 0 aliphatic carbocycles. The third-order valence-corrected chi connectivity index (χ3v) is 2.98. The first kappa shape index (κ1) is 12.5. The molecule has 0 bridgehead atoms. The van der Waals surface area contributed by atoms with Crippen molar-refractivity contribution in [3.63, 3.8) is 0 Å². The molecule has 3 rings (SSSR count). The van der Waals surface area contributed by atoms with E-state index >= 15 is 0 Å². The zero-order valence-corrected chi connectivity index (χ0v) is 10.3. The number of rotatable bonds is 1. The Hall–Kier alpha value is -2.56. The van der Waals surface area contributed by atoms with Gasteiger partial charge in [0.25, 0.3) is 5.56 Å². The largest absolute Gasteiger partial charge is 0.319 e. The van der Waals surface area contributed by atoms with E-state index in [1.165, 1.54) is 36.4 Å². The number of benzene rings is 2. The van der Waals surface area contributed by atoms with Gasteiger partial charge in [-0.1, -0.05) is 0 Å². The highest BCUT2D eigenvalue weighted by Gasteiger charge is 2.09. The van der Waals surface area contributed by atoms with Gasteiger partial charge in [-0.25, -0.2) is 13.8 Å². The van der Waals surface area contributed by atoms with E-state index in [4.69, 9.17) is 0 Å². The summed E-state index contributed by atoms with van der Waals surface area (Å²) in [5.41, 5.74) is 1.11. The Labute approximate surface area is 112 Å². The van der Waals surface area contributed by atoms with E-state index in [1.54, 1.807) is 0 Å². The van der Waals surface area contributed by atoms with Gasteiger partial charge in [0.15, 0.2) is 0 Å². The fraction of sp³-hybridized carbons (Fsp3) is 0. The second kappa shape index (κ2) is 4.52. The lowest BCUT2D eigenvalue weighted by Gasteiger charge is -2.04. The molecule has 3 aromatic rings. The maximum Gasteiger partial charge on any atom is 0.274 e. The van der Waals surface area contributed by atoms with E-state index in [-0.39, 0.29) is 11.3 Å². The van der Waals surface area contributed by atoms with Crippen LogP contribution in [0.5, 0.6) is 0 Å². The van der Waals surface area contributed by atoms with Crippen molar-refractivity contribution in [3.05, 3.63) is 70.9 Å². The average molecular weight is 271 g/mol. The van der Waals surface area contributed by atoms with Crippen LogP contribution in [-0.2, 0) is 0 Å². The molecule has 0 amide bonds. The second-order valence-corrected chi connectivity index (χ2v) is 4.38. The second-order valence-electron chi connectivity index (χ2n) is 4.38. The molecular formula is C15H9F2N2O. The van der Waals surface area contributed by atoms with Crippen LogP contribution in [0.15, 0.2) is 41.2 Å². The molecule has 0 atom stereocenters. The monoisotopic (exact) mass is 271 g/mol. The van der Waals surface area contributed by atoms with Crippen molar-refractivity contribution < 1.29 is 8.78 Å². The molecule has 20 heavy (non-hydrogen) atoms. The summed E-state index contributed by atoms with van der Waals surface area (Å²) in [5.74, 6) is -0.905. The van der Waals surface area contributed by atoms with E-state index in [2.05, 4.69) is 16.9 Å².